The molecule has 0 saturated heterocycles. The summed E-state index contributed by atoms with van der Waals surface area (Å²) in [4.78, 5) is 12.0. The summed E-state index contributed by atoms with van der Waals surface area (Å²) in [5.74, 6) is 0.873. The molecule has 1 N–H and O–H groups in total. The molecule has 0 bridgehead atoms. The molecule has 2 rings (SSSR count). The molecule has 1 heterocycles. The Morgan fingerprint density at radius 1 is 1.41 bits per heavy atom. The van der Waals surface area contributed by atoms with Crippen LogP contribution in [0.3, 0.4) is 0 Å². The number of aromatic nitrogens is 2. The molecule has 0 spiro atoms. The minimum atomic E-state index is 0.0432. The molecule has 0 fully saturated rings. The van der Waals surface area contributed by atoms with Gasteiger partial charge in [-0.05, 0) is 37.5 Å². The first kappa shape index (κ1) is 16.1. The number of methoxy groups -OCH3 is 1. The normalized spacial score (nSPS) is 12.0. The summed E-state index contributed by atoms with van der Waals surface area (Å²) in [6, 6.07) is 7.92. The monoisotopic (exact) mass is 301 g/mol. The standard InChI is InChI=1S/C17H23N3O2/c1-13-10-19-20(12-13)14(2)11-18-17(21)9-8-15-6-4-5-7-16(15)22-3/h4-7,10,12,14H,8-9,11H2,1-3H3,(H,18,21)/t14-/m1/s1. The van der Waals surface area contributed by atoms with Crippen molar-refractivity contribution in [3.63, 3.8) is 0 Å². The molecule has 2 aromatic rings. The minimum absolute atomic E-state index is 0.0432. The third-order valence-electron chi connectivity index (χ3n) is 3.59. The predicted octanol–water partition coefficient (Wildman–Crippen LogP) is 2.51. The number of ether oxygens (including phenoxy) is 1. The number of nitrogens with zero attached hydrogens (tertiary/aromatic N) is 2. The van der Waals surface area contributed by atoms with Gasteiger partial charge < -0.3 is 10.1 Å². The van der Waals surface area contributed by atoms with Crippen molar-refractivity contribution >= 4 is 5.91 Å². The van der Waals surface area contributed by atoms with E-state index in [9.17, 15) is 4.79 Å². The van der Waals surface area contributed by atoms with E-state index in [1.807, 2.05) is 55.2 Å². The van der Waals surface area contributed by atoms with Crippen LogP contribution in [0.5, 0.6) is 5.75 Å². The molecule has 1 aromatic heterocycles. The second-order valence-electron chi connectivity index (χ2n) is 5.46. The lowest BCUT2D eigenvalue weighted by atomic mass is 10.1. The highest BCUT2D eigenvalue weighted by molar-refractivity contribution is 5.76. The number of benzene rings is 1. The Bertz CT molecular complexity index is 622. The summed E-state index contributed by atoms with van der Waals surface area (Å²) >= 11 is 0. The Kier molecular flexibility index (Phi) is 5.58. The van der Waals surface area contributed by atoms with E-state index in [1.165, 1.54) is 0 Å². The van der Waals surface area contributed by atoms with Gasteiger partial charge in [0.2, 0.25) is 5.91 Å². The van der Waals surface area contributed by atoms with Gasteiger partial charge >= 0.3 is 0 Å². The molecule has 0 saturated carbocycles. The average Bonchev–Trinajstić information content (AvgIpc) is 2.97. The molecule has 1 amide bonds. The van der Waals surface area contributed by atoms with Gasteiger partial charge in [0.15, 0.2) is 0 Å². The number of rotatable bonds is 7. The van der Waals surface area contributed by atoms with E-state index < -0.39 is 0 Å². The molecule has 5 nitrogen and oxygen atoms in total. The lowest BCUT2D eigenvalue weighted by Crippen LogP contribution is -2.29. The van der Waals surface area contributed by atoms with E-state index in [0.717, 1.165) is 16.9 Å². The molecule has 22 heavy (non-hydrogen) atoms. The second-order valence-corrected chi connectivity index (χ2v) is 5.46. The first-order chi connectivity index (χ1) is 10.6. The van der Waals surface area contributed by atoms with Gasteiger partial charge in [0, 0.05) is 19.2 Å². The van der Waals surface area contributed by atoms with Gasteiger partial charge in [0.1, 0.15) is 5.75 Å². The number of hydrogen-bond acceptors (Lipinski definition) is 3. The average molecular weight is 301 g/mol. The van der Waals surface area contributed by atoms with Crippen LogP contribution >= 0.6 is 0 Å². The third kappa shape index (κ3) is 4.35. The van der Waals surface area contributed by atoms with Crippen LogP contribution in [-0.2, 0) is 11.2 Å². The molecule has 118 valence electrons. The molecule has 0 aliphatic rings. The fraction of sp³-hybridized carbons (Fsp3) is 0.412. The van der Waals surface area contributed by atoms with Crippen molar-refractivity contribution < 1.29 is 9.53 Å². The van der Waals surface area contributed by atoms with Crippen molar-refractivity contribution in [2.45, 2.75) is 32.7 Å². The zero-order chi connectivity index (χ0) is 15.9. The minimum Gasteiger partial charge on any atom is -0.496 e. The van der Waals surface area contributed by atoms with Crippen LogP contribution < -0.4 is 10.1 Å². The summed E-state index contributed by atoms with van der Waals surface area (Å²) in [5.41, 5.74) is 2.17. The van der Waals surface area contributed by atoms with Crippen molar-refractivity contribution in [3.8, 4) is 5.75 Å². The largest absolute Gasteiger partial charge is 0.496 e. The Balaban J connectivity index is 1.78. The summed E-state index contributed by atoms with van der Waals surface area (Å²) in [6.45, 7) is 4.61. The zero-order valence-corrected chi connectivity index (χ0v) is 13.4. The predicted molar refractivity (Wildman–Crippen MR) is 86.0 cm³/mol. The van der Waals surface area contributed by atoms with E-state index in [0.29, 0.717) is 19.4 Å². The van der Waals surface area contributed by atoms with Crippen LogP contribution in [0.25, 0.3) is 0 Å². The van der Waals surface area contributed by atoms with Crippen LogP contribution in [0.1, 0.15) is 30.5 Å². The summed E-state index contributed by atoms with van der Waals surface area (Å²) in [7, 11) is 1.65. The lowest BCUT2D eigenvalue weighted by Gasteiger charge is -2.13. The highest BCUT2D eigenvalue weighted by Crippen LogP contribution is 2.18. The van der Waals surface area contributed by atoms with E-state index in [2.05, 4.69) is 10.4 Å². The number of carbonyl (C=O) groups is 1. The Hall–Kier alpha value is -2.30. The van der Waals surface area contributed by atoms with Gasteiger partial charge in [0.25, 0.3) is 0 Å². The maximum atomic E-state index is 12.0. The highest BCUT2D eigenvalue weighted by Gasteiger charge is 2.09. The molecular formula is C17H23N3O2. The van der Waals surface area contributed by atoms with Gasteiger partial charge in [-0.2, -0.15) is 5.10 Å². The van der Waals surface area contributed by atoms with Gasteiger partial charge in [-0.15, -0.1) is 0 Å². The van der Waals surface area contributed by atoms with Crippen molar-refractivity contribution in [2.75, 3.05) is 13.7 Å². The second kappa shape index (κ2) is 7.64. The van der Waals surface area contributed by atoms with Crippen LogP contribution in [0.15, 0.2) is 36.7 Å². The van der Waals surface area contributed by atoms with Gasteiger partial charge in [0.05, 0.1) is 19.3 Å². The third-order valence-corrected chi connectivity index (χ3v) is 3.59. The summed E-state index contributed by atoms with van der Waals surface area (Å²) in [5, 5.41) is 7.22. The van der Waals surface area contributed by atoms with Crippen molar-refractivity contribution in [1.82, 2.24) is 15.1 Å². The van der Waals surface area contributed by atoms with E-state index in [1.54, 1.807) is 7.11 Å². The van der Waals surface area contributed by atoms with Crippen molar-refractivity contribution in [3.05, 3.63) is 47.8 Å². The molecule has 1 atom stereocenters. The Morgan fingerprint density at radius 2 is 2.18 bits per heavy atom. The van der Waals surface area contributed by atoms with Gasteiger partial charge in [-0.3, -0.25) is 9.48 Å². The molecule has 0 aliphatic carbocycles. The zero-order valence-electron chi connectivity index (χ0n) is 13.4. The van der Waals surface area contributed by atoms with Crippen LogP contribution in [-0.4, -0.2) is 29.3 Å². The number of para-hydroxylation sites is 1. The number of nitrogens with one attached hydrogen (secondary N) is 1. The first-order valence-corrected chi connectivity index (χ1v) is 7.49. The maximum Gasteiger partial charge on any atom is 0.220 e. The van der Waals surface area contributed by atoms with Crippen molar-refractivity contribution in [2.24, 2.45) is 0 Å². The number of amides is 1. The van der Waals surface area contributed by atoms with Crippen LogP contribution in [0.4, 0.5) is 0 Å². The van der Waals surface area contributed by atoms with Gasteiger partial charge in [-0.1, -0.05) is 18.2 Å². The topological polar surface area (TPSA) is 56.1 Å². The van der Waals surface area contributed by atoms with E-state index in [-0.39, 0.29) is 11.9 Å². The Labute approximate surface area is 131 Å². The summed E-state index contributed by atoms with van der Waals surface area (Å²) in [6.07, 6.45) is 4.92. The molecule has 0 radical (unpaired) electrons. The summed E-state index contributed by atoms with van der Waals surface area (Å²) < 4.78 is 7.16. The number of hydrogen-bond donors (Lipinski definition) is 1. The van der Waals surface area contributed by atoms with Gasteiger partial charge in [-0.25, -0.2) is 0 Å². The van der Waals surface area contributed by atoms with E-state index >= 15 is 0 Å². The smallest absolute Gasteiger partial charge is 0.220 e. The molecule has 5 heteroatoms. The quantitative estimate of drug-likeness (QED) is 0.855. The number of aryl methyl sites for hydroxylation is 2. The SMILES string of the molecule is COc1ccccc1CCC(=O)NC[C@@H](C)n1cc(C)cn1. The molecule has 0 aliphatic heterocycles. The lowest BCUT2D eigenvalue weighted by molar-refractivity contribution is -0.121. The molecular weight excluding hydrogens is 278 g/mol. The number of carbonyl (C=O) groups excluding carboxylic acids is 1. The fourth-order valence-electron chi connectivity index (χ4n) is 2.28. The Morgan fingerprint density at radius 3 is 2.86 bits per heavy atom. The maximum absolute atomic E-state index is 12.0. The fourth-order valence-corrected chi connectivity index (χ4v) is 2.28. The van der Waals surface area contributed by atoms with Crippen molar-refractivity contribution in [1.29, 1.82) is 0 Å². The first-order valence-electron chi connectivity index (χ1n) is 7.49. The van der Waals surface area contributed by atoms with Crippen LogP contribution in [0.2, 0.25) is 0 Å². The molecule has 0 unspecified atom stereocenters. The van der Waals surface area contributed by atoms with Crippen LogP contribution in [0, 0.1) is 6.92 Å². The van der Waals surface area contributed by atoms with E-state index in [4.69, 9.17) is 4.74 Å². The highest BCUT2D eigenvalue weighted by atomic mass is 16.5. The molecule has 1 aromatic carbocycles.